The van der Waals surface area contributed by atoms with Gasteiger partial charge in [-0.1, -0.05) is 6.58 Å². The van der Waals surface area contributed by atoms with Crippen LogP contribution >= 0.6 is 0 Å². The van der Waals surface area contributed by atoms with Gasteiger partial charge in [0.05, 0.1) is 6.26 Å². The summed E-state index contributed by atoms with van der Waals surface area (Å²) < 4.78 is 4.17. The molecule has 0 fully saturated rings. The Morgan fingerprint density at radius 1 is 1.36 bits per heavy atom. The maximum atomic E-state index is 9.75. The monoisotopic (exact) mass is 162 g/mol. The third-order valence-electron chi connectivity index (χ3n) is 0.378. The van der Waals surface area contributed by atoms with Crippen LogP contribution in [0.1, 0.15) is 13.8 Å². The Morgan fingerprint density at radius 3 is 1.73 bits per heavy atom. The van der Waals surface area contributed by atoms with E-state index in [9.17, 15) is 9.59 Å². The topological polar surface area (TPSA) is 72.8 Å². The van der Waals surface area contributed by atoms with Gasteiger partial charge in [0.15, 0.2) is 0 Å². The molecule has 0 rings (SSSR count). The molecular formula is C6H10O5. The number of hydrogen-bond donors (Lipinski definition) is 1. The fourth-order valence-corrected chi connectivity index (χ4v) is 0.117. The molecule has 64 valence electrons. The van der Waals surface area contributed by atoms with Crippen LogP contribution in [0.3, 0.4) is 0 Å². The summed E-state index contributed by atoms with van der Waals surface area (Å²) in [5, 5.41) is 7.29. The van der Waals surface area contributed by atoms with Gasteiger partial charge in [-0.15, -0.1) is 0 Å². The summed E-state index contributed by atoms with van der Waals surface area (Å²) in [5.74, 6) is -1.02. The molecule has 11 heavy (non-hydrogen) atoms. The zero-order valence-electron chi connectivity index (χ0n) is 6.36. The van der Waals surface area contributed by atoms with Crippen LogP contribution in [0, 0.1) is 0 Å². The predicted molar refractivity (Wildman–Crippen MR) is 36.4 cm³/mol. The quantitative estimate of drug-likeness (QED) is 0.266. The number of ether oxygens (including phenoxy) is 1. The molecule has 0 saturated carbocycles. The maximum absolute atomic E-state index is 9.75. The molecule has 0 aromatic carbocycles. The summed E-state index contributed by atoms with van der Waals surface area (Å²) in [7, 11) is 0. The van der Waals surface area contributed by atoms with E-state index in [1.165, 1.54) is 6.92 Å². The highest BCUT2D eigenvalue weighted by Gasteiger charge is 1.79. The van der Waals surface area contributed by atoms with E-state index in [0.717, 1.165) is 13.2 Å². The Bertz CT molecular complexity index is 140. The molecule has 5 heteroatoms. The van der Waals surface area contributed by atoms with Crippen molar-refractivity contribution < 1.29 is 24.5 Å². The van der Waals surface area contributed by atoms with Crippen molar-refractivity contribution in [1.29, 1.82) is 0 Å². The molecule has 0 unspecified atom stereocenters. The average Bonchev–Trinajstić information content (AvgIpc) is 1.89. The van der Waals surface area contributed by atoms with Crippen molar-refractivity contribution >= 4 is 11.9 Å². The summed E-state index contributed by atoms with van der Waals surface area (Å²) in [6.07, 6.45) is 1.10. The molecule has 0 aliphatic carbocycles. The minimum atomic E-state index is -0.690. The number of carbonyl (C=O) groups is 2. The van der Waals surface area contributed by atoms with Crippen LogP contribution in [0.5, 0.6) is 0 Å². The summed E-state index contributed by atoms with van der Waals surface area (Å²) in [5.41, 5.74) is 0. The molecule has 0 aliphatic heterocycles. The lowest BCUT2D eigenvalue weighted by molar-refractivity contribution is -0.231. The van der Waals surface area contributed by atoms with Crippen LogP contribution in [-0.2, 0) is 19.2 Å². The number of hydrogen-bond acceptors (Lipinski definition) is 5. The van der Waals surface area contributed by atoms with Crippen LogP contribution in [0.25, 0.3) is 0 Å². The Labute approximate surface area is 64.2 Å². The molecular weight excluding hydrogens is 152 g/mol. The SMILES string of the molecule is C=COC(C)=O.CC(=O)OO. The summed E-state index contributed by atoms with van der Waals surface area (Å²) in [6, 6.07) is 0. The minimum absolute atomic E-state index is 0.329. The minimum Gasteiger partial charge on any atom is -0.435 e. The lowest BCUT2D eigenvalue weighted by Gasteiger charge is -1.83. The molecule has 0 saturated heterocycles. The molecule has 0 radical (unpaired) electrons. The Hall–Kier alpha value is -1.36. The smallest absolute Gasteiger partial charge is 0.339 e. The largest absolute Gasteiger partial charge is 0.435 e. The normalized spacial score (nSPS) is 6.82. The van der Waals surface area contributed by atoms with Gasteiger partial charge in [0.25, 0.3) is 0 Å². The highest BCUT2D eigenvalue weighted by Crippen LogP contribution is 1.70. The van der Waals surface area contributed by atoms with Crippen LogP contribution in [0.2, 0.25) is 0 Å². The number of carbonyl (C=O) groups excluding carboxylic acids is 2. The van der Waals surface area contributed by atoms with Gasteiger partial charge in [-0.2, -0.15) is 5.26 Å². The second kappa shape index (κ2) is 8.64. The highest BCUT2D eigenvalue weighted by molar-refractivity contribution is 5.66. The van der Waals surface area contributed by atoms with Crippen molar-refractivity contribution in [1.82, 2.24) is 0 Å². The van der Waals surface area contributed by atoms with E-state index < -0.39 is 5.97 Å². The number of esters is 1. The van der Waals surface area contributed by atoms with Crippen LogP contribution < -0.4 is 0 Å². The molecule has 0 heterocycles. The van der Waals surface area contributed by atoms with Gasteiger partial charge in [-0.3, -0.25) is 4.79 Å². The van der Waals surface area contributed by atoms with E-state index in [0.29, 0.717) is 0 Å². The van der Waals surface area contributed by atoms with E-state index >= 15 is 0 Å². The zero-order chi connectivity index (χ0) is 9.28. The first kappa shape index (κ1) is 12.3. The van der Waals surface area contributed by atoms with E-state index in [-0.39, 0.29) is 5.97 Å². The molecule has 0 aromatic rings. The lowest BCUT2D eigenvalue weighted by Crippen LogP contribution is -1.89. The third-order valence-corrected chi connectivity index (χ3v) is 0.378. The van der Waals surface area contributed by atoms with Gasteiger partial charge in [-0.25, -0.2) is 4.79 Å². The first-order valence-corrected chi connectivity index (χ1v) is 2.64. The Morgan fingerprint density at radius 2 is 1.73 bits per heavy atom. The molecule has 0 spiro atoms. The maximum Gasteiger partial charge on any atom is 0.339 e. The van der Waals surface area contributed by atoms with Gasteiger partial charge >= 0.3 is 11.9 Å². The van der Waals surface area contributed by atoms with Crippen LogP contribution in [0.15, 0.2) is 12.8 Å². The summed E-state index contributed by atoms with van der Waals surface area (Å²) in [4.78, 5) is 22.2. The van der Waals surface area contributed by atoms with Gasteiger partial charge in [0, 0.05) is 13.8 Å². The van der Waals surface area contributed by atoms with Crippen molar-refractivity contribution in [2.45, 2.75) is 13.8 Å². The Balaban J connectivity index is 0. The van der Waals surface area contributed by atoms with E-state index in [1.54, 1.807) is 0 Å². The van der Waals surface area contributed by atoms with Crippen molar-refractivity contribution in [2.24, 2.45) is 0 Å². The van der Waals surface area contributed by atoms with E-state index in [2.05, 4.69) is 16.2 Å². The molecule has 0 bridgehead atoms. The van der Waals surface area contributed by atoms with Crippen molar-refractivity contribution in [3.05, 3.63) is 12.8 Å². The molecule has 0 atom stereocenters. The molecule has 0 amide bonds. The first-order valence-electron chi connectivity index (χ1n) is 2.64. The van der Waals surface area contributed by atoms with Gasteiger partial charge < -0.3 is 9.62 Å². The summed E-state index contributed by atoms with van der Waals surface area (Å²) in [6.45, 7) is 5.59. The van der Waals surface area contributed by atoms with Crippen molar-refractivity contribution in [2.75, 3.05) is 0 Å². The molecule has 1 N–H and O–H groups in total. The standard InChI is InChI=1S/C4H6O2.C2H4O3/c1-3-6-4(2)5;1-2(3)5-4/h3H,1H2,2H3;4H,1H3. The molecule has 0 aliphatic rings. The molecule has 5 nitrogen and oxygen atoms in total. The second-order valence-electron chi connectivity index (χ2n) is 1.36. The fraction of sp³-hybridized carbons (Fsp3) is 0.333. The Kier molecular flexibility index (Phi) is 9.68. The fourth-order valence-electron chi connectivity index (χ4n) is 0.117. The van der Waals surface area contributed by atoms with Gasteiger partial charge in [0.2, 0.25) is 0 Å². The third kappa shape index (κ3) is 28.8. The zero-order valence-corrected chi connectivity index (χ0v) is 6.36. The predicted octanol–water partition coefficient (Wildman–Crippen LogP) is 0.716. The van der Waals surface area contributed by atoms with E-state index in [1.807, 2.05) is 0 Å². The average molecular weight is 162 g/mol. The first-order chi connectivity index (χ1) is 5.04. The molecule has 0 aromatic heterocycles. The summed E-state index contributed by atoms with van der Waals surface area (Å²) >= 11 is 0. The second-order valence-corrected chi connectivity index (χ2v) is 1.36. The number of rotatable bonds is 1. The highest BCUT2D eigenvalue weighted by atomic mass is 17.1. The van der Waals surface area contributed by atoms with Crippen LogP contribution in [0.4, 0.5) is 0 Å². The lowest BCUT2D eigenvalue weighted by atomic mass is 10.8. The van der Waals surface area contributed by atoms with Crippen molar-refractivity contribution in [3.63, 3.8) is 0 Å². The van der Waals surface area contributed by atoms with E-state index in [4.69, 9.17) is 5.26 Å². The van der Waals surface area contributed by atoms with Gasteiger partial charge in [-0.05, 0) is 0 Å². The van der Waals surface area contributed by atoms with Crippen LogP contribution in [-0.4, -0.2) is 17.2 Å². The van der Waals surface area contributed by atoms with Crippen molar-refractivity contribution in [3.8, 4) is 0 Å². The van der Waals surface area contributed by atoms with Gasteiger partial charge in [0.1, 0.15) is 0 Å².